The highest BCUT2D eigenvalue weighted by Crippen LogP contribution is 2.23. The van der Waals surface area contributed by atoms with E-state index in [0.29, 0.717) is 11.2 Å². The van der Waals surface area contributed by atoms with E-state index < -0.39 is 5.69 Å². The zero-order valence-electron chi connectivity index (χ0n) is 21.3. The molecule has 0 saturated carbocycles. The first kappa shape index (κ1) is 27.7. The van der Waals surface area contributed by atoms with Gasteiger partial charge in [0, 0.05) is 19.3 Å². The number of H-pyrrole nitrogens is 1. The van der Waals surface area contributed by atoms with Gasteiger partial charge in [-0.3, -0.25) is 14.3 Å². The van der Waals surface area contributed by atoms with Crippen molar-refractivity contribution in [2.45, 2.75) is 128 Å². The van der Waals surface area contributed by atoms with Crippen LogP contribution in [0.5, 0.6) is 0 Å². The molecule has 0 bridgehead atoms. The number of imidazole rings is 1. The monoisotopic (exact) mass is 478 g/mol. The molecule has 0 fully saturated rings. The van der Waals surface area contributed by atoms with Gasteiger partial charge in [0.25, 0.3) is 5.56 Å². The summed E-state index contributed by atoms with van der Waals surface area (Å²) in [5.74, 6) is 0.977. The van der Waals surface area contributed by atoms with Crippen LogP contribution >= 0.6 is 11.8 Å². The number of nitrogens with one attached hydrogen (secondary N) is 1. The molecule has 188 valence electrons. The van der Waals surface area contributed by atoms with Crippen molar-refractivity contribution in [2.75, 3.05) is 5.75 Å². The van der Waals surface area contributed by atoms with Crippen molar-refractivity contribution in [1.82, 2.24) is 19.1 Å². The van der Waals surface area contributed by atoms with E-state index in [1.54, 1.807) is 18.8 Å². The van der Waals surface area contributed by atoms with Gasteiger partial charge in [-0.1, -0.05) is 116 Å². The van der Waals surface area contributed by atoms with Gasteiger partial charge >= 0.3 is 5.69 Å². The third-order valence-corrected chi connectivity index (χ3v) is 7.50. The summed E-state index contributed by atoms with van der Waals surface area (Å²) < 4.78 is 3.48. The number of hydrogen-bond acceptors (Lipinski definition) is 4. The Morgan fingerprint density at radius 2 is 1.27 bits per heavy atom. The predicted octanol–water partition coefficient (Wildman–Crippen LogP) is 6.80. The molecule has 2 aromatic heterocycles. The van der Waals surface area contributed by atoms with E-state index in [2.05, 4.69) is 23.8 Å². The third kappa shape index (κ3) is 9.34. The van der Waals surface area contributed by atoms with Gasteiger partial charge in [0.05, 0.1) is 0 Å². The molecule has 0 radical (unpaired) electrons. The molecule has 2 rings (SSSR count). The fourth-order valence-electron chi connectivity index (χ4n) is 4.30. The van der Waals surface area contributed by atoms with Gasteiger partial charge in [0.1, 0.15) is 0 Å². The third-order valence-electron chi connectivity index (χ3n) is 6.44. The summed E-state index contributed by atoms with van der Waals surface area (Å²) in [7, 11) is 1.67. The number of unbranched alkanes of at least 4 members (excludes halogenated alkanes) is 14. The van der Waals surface area contributed by atoms with E-state index >= 15 is 0 Å². The summed E-state index contributed by atoms with van der Waals surface area (Å²) in [5, 5.41) is 0.861. The maximum absolute atomic E-state index is 12.5. The minimum atomic E-state index is -0.404. The lowest BCUT2D eigenvalue weighted by molar-refractivity contribution is 0.519. The quantitative estimate of drug-likeness (QED) is 0.178. The van der Waals surface area contributed by atoms with E-state index in [9.17, 15) is 9.59 Å². The van der Waals surface area contributed by atoms with Gasteiger partial charge in [-0.15, -0.1) is 0 Å². The molecule has 33 heavy (non-hydrogen) atoms. The second-order valence-electron chi connectivity index (χ2n) is 9.33. The number of nitrogens with zero attached hydrogens (tertiary/aromatic N) is 3. The number of hydrogen-bond donors (Lipinski definition) is 1. The van der Waals surface area contributed by atoms with Gasteiger partial charge in [0.15, 0.2) is 16.3 Å². The normalized spacial score (nSPS) is 11.6. The predicted molar refractivity (Wildman–Crippen MR) is 142 cm³/mol. The van der Waals surface area contributed by atoms with E-state index in [1.807, 2.05) is 4.57 Å². The standard InChI is InChI=1S/C26H46N4O2S/c1-4-6-8-9-10-11-12-13-14-15-16-17-18-19-20-30-22-23(27-26(30)33-21-7-5-2)29(3)25(32)28-24(22)31/h4-21H2,1-3H3,(H,28,31,32). The summed E-state index contributed by atoms with van der Waals surface area (Å²) >= 11 is 1.69. The van der Waals surface area contributed by atoms with Crippen molar-refractivity contribution in [2.24, 2.45) is 7.05 Å². The molecule has 0 saturated heterocycles. The SMILES string of the molecule is CCCCCCCCCCCCCCCCn1c(SCCCC)nc2c1c(=O)[nH]c(=O)n2C. The highest BCUT2D eigenvalue weighted by atomic mass is 32.2. The Morgan fingerprint density at radius 1 is 0.758 bits per heavy atom. The maximum atomic E-state index is 12.5. The summed E-state index contributed by atoms with van der Waals surface area (Å²) in [6.07, 6.45) is 20.9. The molecule has 0 aliphatic rings. The van der Waals surface area contributed by atoms with Crippen molar-refractivity contribution in [1.29, 1.82) is 0 Å². The van der Waals surface area contributed by atoms with Gasteiger partial charge in [-0.05, 0) is 12.8 Å². The molecule has 0 spiro atoms. The number of aryl methyl sites for hydroxylation is 2. The molecule has 0 aromatic carbocycles. The minimum absolute atomic E-state index is 0.326. The maximum Gasteiger partial charge on any atom is 0.329 e. The lowest BCUT2D eigenvalue weighted by atomic mass is 10.0. The molecule has 0 aliphatic carbocycles. The summed E-state index contributed by atoms with van der Waals surface area (Å²) in [6, 6.07) is 0. The van der Waals surface area contributed by atoms with Gasteiger partial charge in [-0.2, -0.15) is 0 Å². The van der Waals surface area contributed by atoms with Crippen LogP contribution in [0.15, 0.2) is 14.7 Å². The topological polar surface area (TPSA) is 72.7 Å². The Hall–Kier alpha value is -1.50. The van der Waals surface area contributed by atoms with Crippen LogP contribution in [0, 0.1) is 0 Å². The second kappa shape index (κ2) is 16.2. The highest BCUT2D eigenvalue weighted by Gasteiger charge is 2.17. The van der Waals surface area contributed by atoms with E-state index in [0.717, 1.165) is 36.7 Å². The number of aromatic nitrogens is 4. The molecule has 0 atom stereocenters. The molecule has 0 amide bonds. The van der Waals surface area contributed by atoms with Crippen LogP contribution in [0.2, 0.25) is 0 Å². The second-order valence-corrected chi connectivity index (χ2v) is 10.4. The Labute approximate surface area is 204 Å². The first-order valence-corrected chi connectivity index (χ1v) is 14.4. The molecule has 1 N–H and O–H groups in total. The Bertz CT molecular complexity index is 915. The first-order chi connectivity index (χ1) is 16.1. The number of thioether (sulfide) groups is 1. The van der Waals surface area contributed by atoms with Crippen LogP contribution in [0.25, 0.3) is 11.2 Å². The molecule has 7 heteroatoms. The average molecular weight is 479 g/mol. The molecule has 6 nitrogen and oxygen atoms in total. The van der Waals surface area contributed by atoms with E-state index in [4.69, 9.17) is 0 Å². The summed E-state index contributed by atoms with van der Waals surface area (Å²) in [5.41, 5.74) is 0.297. The van der Waals surface area contributed by atoms with Crippen molar-refractivity contribution in [3.8, 4) is 0 Å². The number of fused-ring (bicyclic) bond motifs is 1. The molecule has 0 aliphatic heterocycles. The smallest absolute Gasteiger partial charge is 0.313 e. The van der Waals surface area contributed by atoms with Crippen LogP contribution in [0.1, 0.15) is 117 Å². The summed E-state index contributed by atoms with van der Waals surface area (Å²) in [4.78, 5) is 31.6. The van der Waals surface area contributed by atoms with Crippen LogP contribution in [-0.4, -0.2) is 24.9 Å². The number of aromatic amines is 1. The molecule has 0 unspecified atom stereocenters. The van der Waals surface area contributed by atoms with Crippen molar-refractivity contribution in [3.63, 3.8) is 0 Å². The number of rotatable bonds is 19. The van der Waals surface area contributed by atoms with Crippen molar-refractivity contribution in [3.05, 3.63) is 20.8 Å². The molecule has 2 aromatic rings. The molecule has 2 heterocycles. The largest absolute Gasteiger partial charge is 0.329 e. The fourth-order valence-corrected chi connectivity index (χ4v) is 5.41. The Balaban J connectivity index is 1.72. The molecular weight excluding hydrogens is 432 g/mol. The molecular formula is C26H46N4O2S. The van der Waals surface area contributed by atoms with Crippen LogP contribution < -0.4 is 11.2 Å². The van der Waals surface area contributed by atoms with Crippen molar-refractivity contribution >= 4 is 22.9 Å². The zero-order valence-corrected chi connectivity index (χ0v) is 22.1. The van der Waals surface area contributed by atoms with Gasteiger partial charge < -0.3 is 4.57 Å². The summed E-state index contributed by atoms with van der Waals surface area (Å²) in [6.45, 7) is 5.23. The van der Waals surface area contributed by atoms with E-state index in [-0.39, 0.29) is 5.56 Å². The van der Waals surface area contributed by atoms with Crippen LogP contribution in [-0.2, 0) is 13.6 Å². The lowest BCUT2D eigenvalue weighted by Gasteiger charge is -2.08. The van der Waals surface area contributed by atoms with Gasteiger partial charge in [0.2, 0.25) is 0 Å². The van der Waals surface area contributed by atoms with Crippen LogP contribution in [0.3, 0.4) is 0 Å². The van der Waals surface area contributed by atoms with Gasteiger partial charge in [-0.25, -0.2) is 9.78 Å². The van der Waals surface area contributed by atoms with Crippen molar-refractivity contribution < 1.29 is 0 Å². The highest BCUT2D eigenvalue weighted by molar-refractivity contribution is 7.99. The van der Waals surface area contributed by atoms with Crippen LogP contribution in [0.4, 0.5) is 0 Å². The Morgan fingerprint density at radius 3 is 1.82 bits per heavy atom. The Kier molecular flexibility index (Phi) is 13.6. The lowest BCUT2D eigenvalue weighted by Crippen LogP contribution is -2.29. The van der Waals surface area contributed by atoms with E-state index in [1.165, 1.54) is 88.0 Å². The fraction of sp³-hybridized carbons (Fsp3) is 0.808. The minimum Gasteiger partial charge on any atom is -0.313 e. The average Bonchev–Trinajstić information content (AvgIpc) is 3.17. The first-order valence-electron chi connectivity index (χ1n) is 13.4. The zero-order chi connectivity index (χ0) is 23.9.